The number of hydrogen-bond acceptors (Lipinski definition) is 4. The molecule has 0 saturated heterocycles. The molecule has 3 aromatic carbocycles. The van der Waals surface area contributed by atoms with E-state index < -0.39 is 11.2 Å². The van der Waals surface area contributed by atoms with Crippen LogP contribution in [-0.4, -0.2) is 14.3 Å². The van der Waals surface area contributed by atoms with Crippen molar-refractivity contribution in [3.8, 4) is 17.3 Å². The summed E-state index contributed by atoms with van der Waals surface area (Å²) in [6.45, 7) is 0.355. The second-order valence-electron chi connectivity index (χ2n) is 6.84. The van der Waals surface area contributed by atoms with Gasteiger partial charge in [0.2, 0.25) is 0 Å². The number of hydrogen-bond donors (Lipinski definition) is 0. The first-order chi connectivity index (χ1) is 14.7. The summed E-state index contributed by atoms with van der Waals surface area (Å²) in [5.74, 6) is 0. The average molecular weight is 394 g/mol. The van der Waals surface area contributed by atoms with Crippen molar-refractivity contribution in [2.24, 2.45) is 0 Å². The quantitative estimate of drug-likeness (QED) is 0.521. The highest BCUT2D eigenvalue weighted by Crippen LogP contribution is 2.12. The zero-order valence-corrected chi connectivity index (χ0v) is 16.1. The number of nitrogens with zero attached hydrogens (tertiary/aromatic N) is 4. The molecule has 0 N–H and O–H groups in total. The molecule has 1 aromatic heterocycles. The van der Waals surface area contributed by atoms with Crippen molar-refractivity contribution in [1.29, 1.82) is 5.26 Å². The summed E-state index contributed by atoms with van der Waals surface area (Å²) in [7, 11) is 0. The molecule has 0 aliphatic heterocycles. The molecular formula is C24H18N4O2. The Balaban J connectivity index is 1.84. The third-order valence-electron chi connectivity index (χ3n) is 4.77. The molecule has 0 bridgehead atoms. The second-order valence-corrected chi connectivity index (χ2v) is 6.84. The first-order valence-corrected chi connectivity index (χ1v) is 9.46. The van der Waals surface area contributed by atoms with Gasteiger partial charge in [0, 0.05) is 5.56 Å². The van der Waals surface area contributed by atoms with Crippen molar-refractivity contribution >= 4 is 0 Å². The molecule has 0 aliphatic carbocycles. The Morgan fingerprint density at radius 2 is 1.37 bits per heavy atom. The fourth-order valence-corrected chi connectivity index (χ4v) is 3.20. The number of rotatable bonds is 5. The summed E-state index contributed by atoms with van der Waals surface area (Å²) in [5, 5.41) is 13.4. The average Bonchev–Trinajstić information content (AvgIpc) is 2.80. The molecule has 4 aromatic rings. The fourth-order valence-electron chi connectivity index (χ4n) is 3.20. The first-order valence-electron chi connectivity index (χ1n) is 9.46. The number of nitriles is 1. The van der Waals surface area contributed by atoms with Crippen LogP contribution in [-0.2, 0) is 13.1 Å². The lowest BCUT2D eigenvalue weighted by Gasteiger charge is -2.12. The molecule has 1 heterocycles. The van der Waals surface area contributed by atoms with E-state index in [-0.39, 0.29) is 18.8 Å². The smallest absolute Gasteiger partial charge is 0.267 e. The van der Waals surface area contributed by atoms with E-state index in [2.05, 4.69) is 11.2 Å². The topological polar surface area (TPSA) is 80.7 Å². The van der Waals surface area contributed by atoms with Gasteiger partial charge in [-0.3, -0.25) is 9.36 Å². The highest BCUT2D eigenvalue weighted by molar-refractivity contribution is 5.57. The first kappa shape index (κ1) is 19.1. The molecule has 0 radical (unpaired) electrons. The summed E-state index contributed by atoms with van der Waals surface area (Å²) < 4.78 is 2.52. The SMILES string of the molecule is N#Cc1ccc(Cn2c(=O)c(-c3ccccc3)nn(Cc3ccccc3)c2=O)cc1. The lowest BCUT2D eigenvalue weighted by molar-refractivity contribution is 0.546. The molecule has 0 spiro atoms. The van der Waals surface area contributed by atoms with Crippen LogP contribution in [0.2, 0.25) is 0 Å². The highest BCUT2D eigenvalue weighted by Gasteiger charge is 2.15. The molecular weight excluding hydrogens is 376 g/mol. The normalized spacial score (nSPS) is 10.5. The van der Waals surface area contributed by atoms with Gasteiger partial charge in [0.05, 0.1) is 24.7 Å². The maximum atomic E-state index is 13.2. The summed E-state index contributed by atoms with van der Waals surface area (Å²) in [6, 6.07) is 27.5. The van der Waals surface area contributed by atoms with E-state index >= 15 is 0 Å². The van der Waals surface area contributed by atoms with Gasteiger partial charge in [0.15, 0.2) is 5.69 Å². The molecule has 6 nitrogen and oxygen atoms in total. The number of aromatic nitrogens is 3. The van der Waals surface area contributed by atoms with Gasteiger partial charge in [-0.1, -0.05) is 72.8 Å². The Hall–Kier alpha value is -4.24. The molecule has 0 saturated carbocycles. The predicted molar refractivity (Wildman–Crippen MR) is 114 cm³/mol. The van der Waals surface area contributed by atoms with Crippen molar-refractivity contribution < 1.29 is 0 Å². The van der Waals surface area contributed by atoms with Gasteiger partial charge in [-0.25, -0.2) is 9.48 Å². The molecule has 0 amide bonds. The van der Waals surface area contributed by atoms with Crippen LogP contribution < -0.4 is 11.2 Å². The lowest BCUT2D eigenvalue weighted by atomic mass is 10.1. The minimum absolute atomic E-state index is 0.0977. The van der Waals surface area contributed by atoms with Gasteiger partial charge in [0.25, 0.3) is 5.56 Å². The molecule has 30 heavy (non-hydrogen) atoms. The molecule has 0 atom stereocenters. The minimum Gasteiger partial charge on any atom is -0.267 e. The van der Waals surface area contributed by atoms with Crippen molar-refractivity contribution in [2.45, 2.75) is 13.1 Å². The van der Waals surface area contributed by atoms with Crippen molar-refractivity contribution in [1.82, 2.24) is 14.3 Å². The van der Waals surface area contributed by atoms with Crippen molar-refractivity contribution in [3.63, 3.8) is 0 Å². The number of benzene rings is 3. The van der Waals surface area contributed by atoms with Crippen LogP contribution in [0.1, 0.15) is 16.7 Å². The van der Waals surface area contributed by atoms with Crippen LogP contribution in [0.25, 0.3) is 11.3 Å². The van der Waals surface area contributed by atoms with E-state index in [1.165, 1.54) is 9.25 Å². The molecule has 146 valence electrons. The summed E-state index contributed by atoms with van der Waals surface area (Å²) in [5.41, 5.74) is 2.14. The van der Waals surface area contributed by atoms with Crippen LogP contribution in [0.4, 0.5) is 0 Å². The second kappa shape index (κ2) is 8.41. The van der Waals surface area contributed by atoms with E-state index in [9.17, 15) is 9.59 Å². The standard InChI is InChI=1S/C24H18N4O2/c25-15-18-11-13-20(14-12-18)16-27-23(29)22(21-9-5-2-6-10-21)26-28(24(27)30)17-19-7-3-1-4-8-19/h1-14H,16-17H2. The molecule has 6 heteroatoms. The van der Waals surface area contributed by atoms with Gasteiger partial charge >= 0.3 is 5.69 Å². The van der Waals surface area contributed by atoms with Crippen LogP contribution in [0, 0.1) is 11.3 Å². The molecule has 0 fully saturated rings. The monoisotopic (exact) mass is 394 g/mol. The van der Waals surface area contributed by atoms with E-state index in [1.807, 2.05) is 48.5 Å². The van der Waals surface area contributed by atoms with Crippen LogP contribution in [0.5, 0.6) is 0 Å². The van der Waals surface area contributed by atoms with Gasteiger partial charge < -0.3 is 0 Å². The van der Waals surface area contributed by atoms with E-state index in [4.69, 9.17) is 5.26 Å². The third-order valence-corrected chi connectivity index (χ3v) is 4.77. The van der Waals surface area contributed by atoms with Crippen molar-refractivity contribution in [2.75, 3.05) is 0 Å². The van der Waals surface area contributed by atoms with Gasteiger partial charge in [0.1, 0.15) is 0 Å². The van der Waals surface area contributed by atoms with Crippen molar-refractivity contribution in [3.05, 3.63) is 122 Å². The molecule has 0 unspecified atom stereocenters. The van der Waals surface area contributed by atoms with Gasteiger partial charge in [-0.2, -0.15) is 10.4 Å². The zero-order valence-electron chi connectivity index (χ0n) is 16.1. The predicted octanol–water partition coefficient (Wildman–Crippen LogP) is 3.04. The largest absolute Gasteiger partial charge is 0.348 e. The van der Waals surface area contributed by atoms with E-state index in [0.29, 0.717) is 11.1 Å². The fraction of sp³-hybridized carbons (Fsp3) is 0.0833. The zero-order chi connectivity index (χ0) is 20.9. The van der Waals surface area contributed by atoms with Crippen LogP contribution >= 0.6 is 0 Å². The summed E-state index contributed by atoms with van der Waals surface area (Å²) in [6.07, 6.45) is 0. The van der Waals surface area contributed by atoms with Crippen LogP contribution in [0.3, 0.4) is 0 Å². The van der Waals surface area contributed by atoms with Gasteiger partial charge in [-0.15, -0.1) is 0 Å². The van der Waals surface area contributed by atoms with Crippen LogP contribution in [0.15, 0.2) is 94.5 Å². The Morgan fingerprint density at radius 1 is 0.767 bits per heavy atom. The summed E-state index contributed by atoms with van der Waals surface area (Å²) in [4.78, 5) is 26.3. The molecule has 0 aliphatic rings. The summed E-state index contributed by atoms with van der Waals surface area (Å²) >= 11 is 0. The molecule has 4 rings (SSSR count). The Kier molecular flexibility index (Phi) is 5.35. The maximum absolute atomic E-state index is 13.2. The Morgan fingerprint density at radius 3 is 2.00 bits per heavy atom. The Bertz CT molecular complexity index is 1320. The minimum atomic E-state index is -0.479. The van der Waals surface area contributed by atoms with Gasteiger partial charge in [-0.05, 0) is 23.3 Å². The lowest BCUT2D eigenvalue weighted by Crippen LogP contribution is -2.42. The van der Waals surface area contributed by atoms with E-state index in [0.717, 1.165) is 11.1 Å². The van der Waals surface area contributed by atoms with E-state index in [1.54, 1.807) is 36.4 Å². The highest BCUT2D eigenvalue weighted by atomic mass is 16.2. The maximum Gasteiger partial charge on any atom is 0.348 e. The third kappa shape index (κ3) is 3.96. The Labute approximate surface area is 172 Å².